The number of anilines is 1. The summed E-state index contributed by atoms with van der Waals surface area (Å²) in [6.45, 7) is 14.8. The number of carbonyl (C=O) groups is 3. The number of aromatic hydroxyl groups is 1. The lowest BCUT2D eigenvalue weighted by atomic mass is 9.84. The van der Waals surface area contributed by atoms with Crippen LogP contribution >= 0.6 is 0 Å². The molecule has 0 saturated carbocycles. The molecule has 10 nitrogen and oxygen atoms in total. The third-order valence-corrected chi connectivity index (χ3v) is 8.76. The van der Waals surface area contributed by atoms with Gasteiger partial charge in [-0.3, -0.25) is 20.2 Å². The van der Waals surface area contributed by atoms with Crippen molar-refractivity contribution in [3.05, 3.63) is 117 Å². The fourth-order valence-corrected chi connectivity index (χ4v) is 6.08. The van der Waals surface area contributed by atoms with E-state index in [9.17, 15) is 19.5 Å². The van der Waals surface area contributed by atoms with Crippen molar-refractivity contribution in [2.24, 2.45) is 0 Å². The summed E-state index contributed by atoms with van der Waals surface area (Å²) in [7, 11) is 0. The molecule has 4 amide bonds. The van der Waals surface area contributed by atoms with E-state index in [0.29, 0.717) is 35.1 Å². The number of amides is 4. The van der Waals surface area contributed by atoms with E-state index in [2.05, 4.69) is 62.7 Å². The van der Waals surface area contributed by atoms with Crippen LogP contribution in [0.1, 0.15) is 59.7 Å². The number of benzene rings is 4. The number of nitrogens with zero attached hydrogens (tertiary/aromatic N) is 3. The SMILES string of the molecule is Cc1ccc(-c2nc(-c3ccc(C)cc3C)nc(-c3cc(CNc4ccc(C=C5C(=O)NC(=O)NC5=O)cc4)cc(C(C)(C)C)c3O)n2)c(C)c1. The first-order valence-electron chi connectivity index (χ1n) is 16.7. The molecule has 4 N–H and O–H groups in total. The number of aromatic nitrogens is 3. The Morgan fingerprint density at radius 3 is 1.69 bits per heavy atom. The van der Waals surface area contributed by atoms with Crippen LogP contribution in [0.15, 0.2) is 78.4 Å². The van der Waals surface area contributed by atoms with Crippen LogP contribution in [-0.2, 0) is 21.5 Å². The third kappa shape index (κ3) is 7.55. The maximum Gasteiger partial charge on any atom is 0.328 e. The van der Waals surface area contributed by atoms with E-state index >= 15 is 0 Å². The molecule has 4 aromatic carbocycles. The van der Waals surface area contributed by atoms with Gasteiger partial charge in [0, 0.05) is 28.9 Å². The van der Waals surface area contributed by atoms with Gasteiger partial charge >= 0.3 is 6.03 Å². The van der Waals surface area contributed by atoms with E-state index < -0.39 is 23.3 Å². The Labute approximate surface area is 297 Å². The highest BCUT2D eigenvalue weighted by molar-refractivity contribution is 6.31. The quantitative estimate of drug-likeness (QED) is 0.102. The van der Waals surface area contributed by atoms with Gasteiger partial charge in [0.2, 0.25) is 0 Å². The predicted molar refractivity (Wildman–Crippen MR) is 199 cm³/mol. The summed E-state index contributed by atoms with van der Waals surface area (Å²) in [4.78, 5) is 50.5. The lowest BCUT2D eigenvalue weighted by Crippen LogP contribution is -2.51. The molecule has 5 aromatic rings. The van der Waals surface area contributed by atoms with Gasteiger partial charge in [-0.25, -0.2) is 19.7 Å². The number of hydrogen-bond acceptors (Lipinski definition) is 8. The van der Waals surface area contributed by atoms with Crippen molar-refractivity contribution < 1.29 is 19.5 Å². The van der Waals surface area contributed by atoms with Crippen LogP contribution in [0.25, 0.3) is 40.2 Å². The van der Waals surface area contributed by atoms with Crippen molar-refractivity contribution >= 4 is 29.6 Å². The second kappa shape index (κ2) is 13.6. The van der Waals surface area contributed by atoms with Crippen LogP contribution in [-0.4, -0.2) is 37.9 Å². The van der Waals surface area contributed by atoms with E-state index in [-0.39, 0.29) is 11.3 Å². The molecule has 6 rings (SSSR count). The zero-order chi connectivity index (χ0) is 36.6. The van der Waals surface area contributed by atoms with Crippen LogP contribution in [0, 0.1) is 27.7 Å². The normalized spacial score (nSPS) is 13.2. The van der Waals surface area contributed by atoms with Crippen LogP contribution < -0.4 is 16.0 Å². The fourth-order valence-electron chi connectivity index (χ4n) is 6.08. The van der Waals surface area contributed by atoms with Gasteiger partial charge in [-0.1, -0.05) is 80.4 Å². The minimum Gasteiger partial charge on any atom is -0.507 e. The predicted octanol–water partition coefficient (Wildman–Crippen LogP) is 7.47. The van der Waals surface area contributed by atoms with Crippen molar-refractivity contribution in [1.82, 2.24) is 25.6 Å². The summed E-state index contributed by atoms with van der Waals surface area (Å²) in [6, 6.07) is 22.6. The molecule has 2 heterocycles. The number of imide groups is 2. The molecule has 51 heavy (non-hydrogen) atoms. The number of rotatable bonds is 7. The summed E-state index contributed by atoms with van der Waals surface area (Å²) in [5.41, 5.74) is 9.17. The Kier molecular flexibility index (Phi) is 9.27. The summed E-state index contributed by atoms with van der Waals surface area (Å²) in [5.74, 6) is 0.0450. The Morgan fingerprint density at radius 1 is 0.686 bits per heavy atom. The van der Waals surface area contributed by atoms with Crippen LogP contribution in [0.4, 0.5) is 10.5 Å². The van der Waals surface area contributed by atoms with Crippen LogP contribution in [0.5, 0.6) is 5.75 Å². The minimum atomic E-state index is -0.840. The van der Waals surface area contributed by atoms with Gasteiger partial charge in [-0.2, -0.15) is 0 Å². The second-order valence-corrected chi connectivity index (χ2v) is 14.0. The van der Waals surface area contributed by atoms with Crippen LogP contribution in [0.3, 0.4) is 0 Å². The molecular weight excluding hydrogens is 640 g/mol. The molecule has 0 spiro atoms. The number of nitrogens with one attached hydrogen (secondary N) is 3. The number of urea groups is 1. The lowest BCUT2D eigenvalue weighted by Gasteiger charge is -2.23. The van der Waals surface area contributed by atoms with Gasteiger partial charge in [-0.05, 0) is 85.7 Å². The Hall–Kier alpha value is -6.16. The Balaban J connectivity index is 1.39. The molecule has 1 fully saturated rings. The highest BCUT2D eigenvalue weighted by Crippen LogP contribution is 2.40. The average molecular weight is 681 g/mol. The van der Waals surface area contributed by atoms with Crippen molar-refractivity contribution in [2.75, 3.05) is 5.32 Å². The molecule has 1 aliphatic rings. The molecule has 0 aliphatic carbocycles. The molecule has 0 bridgehead atoms. The number of aryl methyl sites for hydroxylation is 4. The minimum absolute atomic E-state index is 0.116. The van der Waals surface area contributed by atoms with E-state index in [0.717, 1.165) is 50.2 Å². The van der Waals surface area contributed by atoms with E-state index in [1.54, 1.807) is 12.1 Å². The van der Waals surface area contributed by atoms with Gasteiger partial charge in [0.05, 0.1) is 5.56 Å². The number of phenols is 1. The first kappa shape index (κ1) is 34.7. The van der Waals surface area contributed by atoms with Crippen molar-refractivity contribution in [2.45, 2.75) is 60.4 Å². The number of barbiturate groups is 1. The first-order chi connectivity index (χ1) is 24.2. The summed E-state index contributed by atoms with van der Waals surface area (Å²) in [6.07, 6.45) is 1.43. The fraction of sp³-hybridized carbons (Fsp3) is 0.220. The summed E-state index contributed by atoms with van der Waals surface area (Å²) < 4.78 is 0. The van der Waals surface area contributed by atoms with E-state index in [1.165, 1.54) is 6.08 Å². The van der Waals surface area contributed by atoms with Crippen molar-refractivity contribution in [1.29, 1.82) is 0 Å². The van der Waals surface area contributed by atoms with Gasteiger partial charge < -0.3 is 10.4 Å². The molecule has 1 saturated heterocycles. The van der Waals surface area contributed by atoms with Crippen molar-refractivity contribution in [3.8, 4) is 39.9 Å². The lowest BCUT2D eigenvalue weighted by molar-refractivity contribution is -0.123. The van der Waals surface area contributed by atoms with E-state index in [1.807, 2.05) is 62.4 Å². The van der Waals surface area contributed by atoms with Crippen molar-refractivity contribution in [3.63, 3.8) is 0 Å². The molecular formula is C41H40N6O4. The molecule has 1 aromatic heterocycles. The zero-order valence-corrected chi connectivity index (χ0v) is 29.7. The number of hydrogen-bond donors (Lipinski definition) is 4. The zero-order valence-electron chi connectivity index (χ0n) is 29.7. The highest BCUT2D eigenvalue weighted by atomic mass is 16.3. The number of carbonyl (C=O) groups excluding carboxylic acids is 3. The Bertz CT molecular complexity index is 2160. The maximum absolute atomic E-state index is 12.1. The third-order valence-electron chi connectivity index (χ3n) is 8.76. The molecule has 0 unspecified atom stereocenters. The van der Waals surface area contributed by atoms with Gasteiger partial charge in [0.25, 0.3) is 11.8 Å². The Morgan fingerprint density at radius 2 is 1.20 bits per heavy atom. The monoisotopic (exact) mass is 680 g/mol. The first-order valence-corrected chi connectivity index (χ1v) is 16.7. The van der Waals surface area contributed by atoms with Gasteiger partial charge in [0.15, 0.2) is 17.5 Å². The van der Waals surface area contributed by atoms with Gasteiger partial charge in [0.1, 0.15) is 11.3 Å². The van der Waals surface area contributed by atoms with Gasteiger partial charge in [-0.15, -0.1) is 0 Å². The maximum atomic E-state index is 12.1. The topological polar surface area (TPSA) is 146 Å². The number of phenolic OH excluding ortho intramolecular Hbond substituents is 1. The standard InChI is InChI=1S/C41H40N6O4/c1-22-8-14-29(24(3)16-22)35-43-36(30-15-9-23(2)17-25(30)4)45-37(44-35)31-19-27(20-33(34(31)48)41(5,6)7)21-42-28-12-10-26(11-13-28)18-32-38(49)46-40(51)47-39(32)50/h8-20,42,48H,21H2,1-7H3,(H2,46,47,49,50,51). The van der Waals surface area contributed by atoms with E-state index in [4.69, 9.17) is 15.0 Å². The molecule has 0 atom stereocenters. The smallest absolute Gasteiger partial charge is 0.328 e. The van der Waals surface area contributed by atoms with Crippen LogP contribution in [0.2, 0.25) is 0 Å². The average Bonchev–Trinajstić information content (AvgIpc) is 3.05. The molecule has 0 radical (unpaired) electrons. The molecule has 1 aliphatic heterocycles. The molecule has 10 heteroatoms. The largest absolute Gasteiger partial charge is 0.507 e. The summed E-state index contributed by atoms with van der Waals surface area (Å²) >= 11 is 0. The highest BCUT2D eigenvalue weighted by Gasteiger charge is 2.28. The molecule has 258 valence electrons. The summed E-state index contributed by atoms with van der Waals surface area (Å²) in [5, 5.41) is 19.4. The second-order valence-electron chi connectivity index (χ2n) is 14.0.